The molecule has 0 amide bonds. The molecule has 12 heavy (non-hydrogen) atoms. The van der Waals surface area contributed by atoms with Crippen LogP contribution < -0.4 is 5.56 Å². The molecule has 5 nitrogen and oxygen atoms in total. The smallest absolute Gasteiger partial charge is 0.323 e. The molecule has 1 N–H and O–H groups in total. The van der Waals surface area contributed by atoms with E-state index in [1.165, 1.54) is 18.3 Å². The van der Waals surface area contributed by atoms with Crippen molar-refractivity contribution in [3.05, 3.63) is 44.9 Å². The van der Waals surface area contributed by atoms with Crippen molar-refractivity contribution in [1.29, 1.82) is 0 Å². The zero-order valence-electron chi connectivity index (χ0n) is 6.11. The van der Waals surface area contributed by atoms with Crippen molar-refractivity contribution in [2.24, 2.45) is 0 Å². The van der Waals surface area contributed by atoms with E-state index in [1.54, 1.807) is 0 Å². The van der Waals surface area contributed by atoms with Gasteiger partial charge in [0.25, 0.3) is 0 Å². The maximum absolute atomic E-state index is 10.8. The summed E-state index contributed by atoms with van der Waals surface area (Å²) in [5, 5.41) is 10.2. The molecule has 0 bridgehead atoms. The average Bonchev–Trinajstić information content (AvgIpc) is 2.05. The van der Waals surface area contributed by atoms with Gasteiger partial charge in [-0.3, -0.25) is 14.9 Å². The molecule has 0 aromatic carbocycles. The Kier molecular flexibility index (Phi) is 2.05. The monoisotopic (exact) mass is 166 g/mol. The second kappa shape index (κ2) is 3.00. The molecule has 1 heterocycles. The molecule has 0 aliphatic rings. The number of H-pyrrole nitrogens is 1. The van der Waals surface area contributed by atoms with Crippen LogP contribution in [0.1, 0.15) is 5.56 Å². The first-order valence-corrected chi connectivity index (χ1v) is 3.14. The fourth-order valence-electron chi connectivity index (χ4n) is 0.741. The first-order valence-electron chi connectivity index (χ1n) is 3.14. The molecule has 0 fully saturated rings. The lowest BCUT2D eigenvalue weighted by Gasteiger charge is -1.91. The van der Waals surface area contributed by atoms with Crippen molar-refractivity contribution in [3.8, 4) is 0 Å². The zero-order chi connectivity index (χ0) is 9.14. The highest BCUT2D eigenvalue weighted by atomic mass is 16.6. The number of nitrogens with one attached hydrogen (secondary N) is 1. The topological polar surface area (TPSA) is 76.0 Å². The summed E-state index contributed by atoms with van der Waals surface area (Å²) < 4.78 is 0. The minimum absolute atomic E-state index is 0.465. The van der Waals surface area contributed by atoms with E-state index in [9.17, 15) is 14.9 Å². The Labute approximate surface area is 67.5 Å². The summed E-state index contributed by atoms with van der Waals surface area (Å²) in [6, 6.07) is 1.17. The average molecular weight is 166 g/mol. The molecule has 0 atom stereocenters. The van der Waals surface area contributed by atoms with Gasteiger partial charge in [0.1, 0.15) is 0 Å². The Morgan fingerprint density at radius 3 is 2.83 bits per heavy atom. The SMILES string of the molecule is C=Cc1c[nH]c(=O)c([N+](=O)[O-])c1. The predicted molar refractivity (Wildman–Crippen MR) is 43.8 cm³/mol. The normalized spacial score (nSPS) is 9.33. The maximum Gasteiger partial charge on any atom is 0.334 e. The fraction of sp³-hybridized carbons (Fsp3) is 0. The molecule has 0 saturated carbocycles. The number of nitrogens with zero attached hydrogens (tertiary/aromatic N) is 1. The maximum atomic E-state index is 10.8. The van der Waals surface area contributed by atoms with Crippen LogP contribution in [0.5, 0.6) is 0 Å². The van der Waals surface area contributed by atoms with Gasteiger partial charge in [0.15, 0.2) is 0 Å². The summed E-state index contributed by atoms with van der Waals surface area (Å²) in [5.74, 6) is 0. The van der Waals surface area contributed by atoms with E-state index < -0.39 is 16.2 Å². The van der Waals surface area contributed by atoms with Gasteiger partial charge in [0.05, 0.1) is 4.92 Å². The third-order valence-corrected chi connectivity index (χ3v) is 1.34. The summed E-state index contributed by atoms with van der Waals surface area (Å²) in [6.07, 6.45) is 2.78. The Morgan fingerprint density at radius 1 is 1.67 bits per heavy atom. The molecular formula is C7H6N2O3. The Bertz CT molecular complexity index is 380. The highest BCUT2D eigenvalue weighted by Crippen LogP contribution is 2.06. The molecule has 0 aliphatic heterocycles. The molecule has 62 valence electrons. The third kappa shape index (κ3) is 1.39. The van der Waals surface area contributed by atoms with E-state index in [0.29, 0.717) is 5.56 Å². The predicted octanol–water partition coefficient (Wildman–Crippen LogP) is 0.926. The molecule has 1 aromatic heterocycles. The van der Waals surface area contributed by atoms with Crippen LogP contribution in [0.2, 0.25) is 0 Å². The number of aromatic nitrogens is 1. The lowest BCUT2D eigenvalue weighted by molar-refractivity contribution is -0.386. The van der Waals surface area contributed by atoms with Crippen LogP contribution in [-0.2, 0) is 0 Å². The summed E-state index contributed by atoms with van der Waals surface area (Å²) in [7, 11) is 0. The van der Waals surface area contributed by atoms with E-state index in [-0.39, 0.29) is 0 Å². The van der Waals surface area contributed by atoms with Crippen molar-refractivity contribution < 1.29 is 4.92 Å². The Hall–Kier alpha value is -1.91. The number of nitro groups is 1. The van der Waals surface area contributed by atoms with E-state index >= 15 is 0 Å². The third-order valence-electron chi connectivity index (χ3n) is 1.34. The largest absolute Gasteiger partial charge is 0.334 e. The van der Waals surface area contributed by atoms with Gasteiger partial charge < -0.3 is 4.98 Å². The van der Waals surface area contributed by atoms with E-state index in [2.05, 4.69) is 11.6 Å². The summed E-state index contributed by atoms with van der Waals surface area (Å²) in [5.41, 5.74) is -0.653. The first kappa shape index (κ1) is 8.19. The lowest BCUT2D eigenvalue weighted by Crippen LogP contribution is -2.10. The zero-order valence-corrected chi connectivity index (χ0v) is 6.11. The van der Waals surface area contributed by atoms with Crippen molar-refractivity contribution in [2.45, 2.75) is 0 Å². The van der Waals surface area contributed by atoms with Crippen molar-refractivity contribution >= 4 is 11.8 Å². The quantitative estimate of drug-likeness (QED) is 0.524. The minimum Gasteiger partial charge on any atom is -0.323 e. The van der Waals surface area contributed by atoms with Crippen LogP contribution in [0.3, 0.4) is 0 Å². The van der Waals surface area contributed by atoms with Crippen molar-refractivity contribution in [2.75, 3.05) is 0 Å². The van der Waals surface area contributed by atoms with Crippen LogP contribution in [0, 0.1) is 10.1 Å². The van der Waals surface area contributed by atoms with Gasteiger partial charge in [0, 0.05) is 12.3 Å². The molecule has 1 rings (SSSR count). The summed E-state index contributed by atoms with van der Waals surface area (Å²) in [4.78, 5) is 22.5. The van der Waals surface area contributed by atoms with E-state index in [0.717, 1.165) is 0 Å². The number of pyridine rings is 1. The van der Waals surface area contributed by atoms with Crippen LogP contribution in [-0.4, -0.2) is 9.91 Å². The molecule has 0 spiro atoms. The van der Waals surface area contributed by atoms with Crippen LogP contribution in [0.15, 0.2) is 23.6 Å². The first-order chi connectivity index (χ1) is 5.65. The molecular weight excluding hydrogens is 160 g/mol. The van der Waals surface area contributed by atoms with Crippen molar-refractivity contribution in [3.63, 3.8) is 0 Å². The van der Waals surface area contributed by atoms with Gasteiger partial charge in [-0.15, -0.1) is 0 Å². The van der Waals surface area contributed by atoms with Crippen LogP contribution >= 0.6 is 0 Å². The highest BCUT2D eigenvalue weighted by Gasteiger charge is 2.10. The summed E-state index contributed by atoms with van der Waals surface area (Å²) in [6.45, 7) is 3.42. The molecule has 0 aliphatic carbocycles. The van der Waals surface area contributed by atoms with Gasteiger partial charge in [-0.2, -0.15) is 0 Å². The molecule has 5 heteroatoms. The van der Waals surface area contributed by atoms with Gasteiger partial charge in [-0.05, 0) is 5.56 Å². The van der Waals surface area contributed by atoms with Crippen LogP contribution in [0.4, 0.5) is 5.69 Å². The van der Waals surface area contributed by atoms with Gasteiger partial charge >= 0.3 is 11.2 Å². The van der Waals surface area contributed by atoms with Crippen molar-refractivity contribution in [1.82, 2.24) is 4.98 Å². The molecule has 0 saturated heterocycles. The minimum atomic E-state index is -0.730. The molecule has 0 unspecified atom stereocenters. The van der Waals surface area contributed by atoms with Gasteiger partial charge in [0.2, 0.25) is 0 Å². The second-order valence-electron chi connectivity index (χ2n) is 2.11. The number of hydrogen-bond acceptors (Lipinski definition) is 3. The van der Waals surface area contributed by atoms with E-state index in [1.807, 2.05) is 0 Å². The second-order valence-corrected chi connectivity index (χ2v) is 2.11. The Morgan fingerprint density at radius 2 is 2.33 bits per heavy atom. The molecule has 0 radical (unpaired) electrons. The van der Waals surface area contributed by atoms with E-state index in [4.69, 9.17) is 0 Å². The number of aromatic amines is 1. The standard InChI is InChI=1S/C7H6N2O3/c1-2-5-3-6(9(11)12)7(10)8-4-5/h2-4H,1H2,(H,8,10). The number of hydrogen-bond donors (Lipinski definition) is 1. The fourth-order valence-corrected chi connectivity index (χ4v) is 0.741. The van der Waals surface area contributed by atoms with Gasteiger partial charge in [-0.1, -0.05) is 12.7 Å². The lowest BCUT2D eigenvalue weighted by atomic mass is 10.2. The Balaban J connectivity index is 3.36. The van der Waals surface area contributed by atoms with Crippen LogP contribution in [0.25, 0.3) is 6.08 Å². The highest BCUT2D eigenvalue weighted by molar-refractivity contribution is 5.49. The molecule has 1 aromatic rings. The van der Waals surface area contributed by atoms with Gasteiger partial charge in [-0.25, -0.2) is 0 Å². The summed E-state index contributed by atoms with van der Waals surface area (Å²) >= 11 is 0. The number of rotatable bonds is 2.